The molecule has 0 rings (SSSR count). The van der Waals surface area contributed by atoms with Crippen molar-refractivity contribution in [2.45, 2.75) is 51.7 Å². The summed E-state index contributed by atoms with van der Waals surface area (Å²) in [6, 6.07) is 0. The fraction of sp³-hybridized carbons (Fsp3) is 0.923. The van der Waals surface area contributed by atoms with E-state index >= 15 is 0 Å². The molecule has 0 heterocycles. The maximum atomic E-state index is 11.1. The lowest BCUT2D eigenvalue weighted by atomic mass is 9.98. The number of aliphatic carboxylic acids is 1. The summed E-state index contributed by atoms with van der Waals surface area (Å²) >= 11 is 0. The molecule has 1 atom stereocenters. The van der Waals surface area contributed by atoms with Gasteiger partial charge in [0.2, 0.25) is 0 Å². The molecule has 108 valence electrons. The molecule has 1 unspecified atom stereocenters. The summed E-state index contributed by atoms with van der Waals surface area (Å²) in [6.07, 6.45) is 1.23. The Morgan fingerprint density at radius 2 is 1.78 bits per heavy atom. The van der Waals surface area contributed by atoms with Crippen molar-refractivity contribution in [3.8, 4) is 0 Å². The van der Waals surface area contributed by atoms with Crippen LogP contribution in [0.1, 0.15) is 40.5 Å². The Bertz CT molecular complexity index is 255. The molecule has 0 bridgehead atoms. The first kappa shape index (κ1) is 17.4. The van der Waals surface area contributed by atoms with E-state index in [2.05, 4.69) is 5.32 Å². The van der Waals surface area contributed by atoms with Gasteiger partial charge in [0.25, 0.3) is 0 Å². The summed E-state index contributed by atoms with van der Waals surface area (Å²) in [7, 11) is 1.67. The van der Waals surface area contributed by atoms with Crippen molar-refractivity contribution in [3.63, 3.8) is 0 Å². The van der Waals surface area contributed by atoms with Crippen LogP contribution in [-0.4, -0.2) is 49.1 Å². The summed E-state index contributed by atoms with van der Waals surface area (Å²) in [5, 5.41) is 12.1. The molecule has 18 heavy (non-hydrogen) atoms. The molecule has 0 fully saturated rings. The zero-order chi connectivity index (χ0) is 14.2. The molecule has 0 aliphatic rings. The highest BCUT2D eigenvalue weighted by atomic mass is 16.5. The molecule has 0 aromatic rings. The van der Waals surface area contributed by atoms with Crippen LogP contribution >= 0.6 is 0 Å². The lowest BCUT2D eigenvalue weighted by Gasteiger charge is -2.26. The van der Waals surface area contributed by atoms with E-state index in [0.29, 0.717) is 26.2 Å². The SMILES string of the molecule is CCNC(C)(CCOCCC(C)(C)OC)C(=O)O. The van der Waals surface area contributed by atoms with Gasteiger partial charge in [0.05, 0.1) is 5.60 Å². The highest BCUT2D eigenvalue weighted by Gasteiger charge is 2.31. The van der Waals surface area contributed by atoms with E-state index in [4.69, 9.17) is 14.6 Å². The highest BCUT2D eigenvalue weighted by Crippen LogP contribution is 2.14. The third-order valence-corrected chi connectivity index (χ3v) is 3.19. The van der Waals surface area contributed by atoms with Crippen LogP contribution in [0.3, 0.4) is 0 Å². The summed E-state index contributed by atoms with van der Waals surface area (Å²) in [5.74, 6) is -0.842. The summed E-state index contributed by atoms with van der Waals surface area (Å²) in [6.45, 7) is 9.19. The van der Waals surface area contributed by atoms with Crippen LogP contribution in [0, 0.1) is 0 Å². The lowest BCUT2D eigenvalue weighted by Crippen LogP contribution is -2.50. The van der Waals surface area contributed by atoms with Crippen molar-refractivity contribution in [3.05, 3.63) is 0 Å². The Morgan fingerprint density at radius 1 is 1.22 bits per heavy atom. The second-order valence-electron chi connectivity index (χ2n) is 5.24. The fourth-order valence-electron chi connectivity index (χ4n) is 1.46. The van der Waals surface area contributed by atoms with Crippen molar-refractivity contribution in [1.82, 2.24) is 5.32 Å². The van der Waals surface area contributed by atoms with E-state index in [-0.39, 0.29) is 5.60 Å². The molecular weight excluding hydrogens is 234 g/mol. The largest absolute Gasteiger partial charge is 0.480 e. The minimum absolute atomic E-state index is 0.197. The summed E-state index contributed by atoms with van der Waals surface area (Å²) in [5.41, 5.74) is -1.11. The van der Waals surface area contributed by atoms with E-state index < -0.39 is 11.5 Å². The number of ether oxygens (including phenoxy) is 2. The van der Waals surface area contributed by atoms with Crippen LogP contribution in [0.5, 0.6) is 0 Å². The number of likely N-dealkylation sites (N-methyl/N-ethyl adjacent to an activating group) is 1. The molecule has 0 amide bonds. The van der Waals surface area contributed by atoms with E-state index in [9.17, 15) is 4.79 Å². The normalized spacial score (nSPS) is 15.4. The number of rotatable bonds is 10. The molecule has 0 spiro atoms. The molecule has 5 nitrogen and oxygen atoms in total. The van der Waals surface area contributed by atoms with Gasteiger partial charge in [-0.25, -0.2) is 0 Å². The Balaban J connectivity index is 3.92. The van der Waals surface area contributed by atoms with E-state index in [1.54, 1.807) is 14.0 Å². The van der Waals surface area contributed by atoms with Crippen LogP contribution in [0.4, 0.5) is 0 Å². The number of carboxylic acids is 1. The van der Waals surface area contributed by atoms with Gasteiger partial charge in [0.1, 0.15) is 5.54 Å². The van der Waals surface area contributed by atoms with Crippen LogP contribution < -0.4 is 5.32 Å². The molecule has 0 aromatic carbocycles. The fourth-order valence-corrected chi connectivity index (χ4v) is 1.46. The minimum atomic E-state index is -0.911. The number of nitrogens with one attached hydrogen (secondary N) is 1. The van der Waals surface area contributed by atoms with Crippen LogP contribution in [0.15, 0.2) is 0 Å². The molecule has 0 saturated heterocycles. The average molecular weight is 261 g/mol. The van der Waals surface area contributed by atoms with Crippen molar-refractivity contribution in [1.29, 1.82) is 0 Å². The predicted octanol–water partition coefficient (Wildman–Crippen LogP) is 1.66. The lowest BCUT2D eigenvalue weighted by molar-refractivity contribution is -0.145. The van der Waals surface area contributed by atoms with Gasteiger partial charge < -0.3 is 19.9 Å². The van der Waals surface area contributed by atoms with Gasteiger partial charge in [-0.05, 0) is 40.2 Å². The Hall–Kier alpha value is -0.650. The van der Waals surface area contributed by atoms with Gasteiger partial charge in [-0.2, -0.15) is 0 Å². The Labute approximate surface area is 110 Å². The molecule has 2 N–H and O–H groups in total. The van der Waals surface area contributed by atoms with E-state index in [1.807, 2.05) is 20.8 Å². The van der Waals surface area contributed by atoms with E-state index in [1.165, 1.54) is 0 Å². The van der Waals surface area contributed by atoms with Gasteiger partial charge in [0, 0.05) is 20.3 Å². The smallest absolute Gasteiger partial charge is 0.323 e. The van der Waals surface area contributed by atoms with E-state index in [0.717, 1.165) is 6.42 Å². The molecule has 0 aromatic heterocycles. The van der Waals surface area contributed by atoms with Crippen molar-refractivity contribution in [2.24, 2.45) is 0 Å². The first-order chi connectivity index (χ1) is 8.27. The quantitative estimate of drug-likeness (QED) is 0.585. The maximum Gasteiger partial charge on any atom is 0.323 e. The first-order valence-corrected chi connectivity index (χ1v) is 6.39. The Kier molecular flexibility index (Phi) is 7.43. The Morgan fingerprint density at radius 3 is 2.22 bits per heavy atom. The zero-order valence-electron chi connectivity index (χ0n) is 12.2. The third-order valence-electron chi connectivity index (χ3n) is 3.19. The predicted molar refractivity (Wildman–Crippen MR) is 70.9 cm³/mol. The number of hydrogen-bond acceptors (Lipinski definition) is 4. The van der Waals surface area contributed by atoms with Crippen LogP contribution in [0.2, 0.25) is 0 Å². The van der Waals surface area contributed by atoms with Gasteiger partial charge in [-0.1, -0.05) is 6.92 Å². The molecule has 0 saturated carbocycles. The van der Waals surface area contributed by atoms with Crippen molar-refractivity contribution < 1.29 is 19.4 Å². The average Bonchev–Trinajstić information content (AvgIpc) is 2.28. The summed E-state index contributed by atoms with van der Waals surface area (Å²) in [4.78, 5) is 11.1. The number of carbonyl (C=O) groups is 1. The monoisotopic (exact) mass is 261 g/mol. The van der Waals surface area contributed by atoms with Gasteiger partial charge in [-0.15, -0.1) is 0 Å². The van der Waals surface area contributed by atoms with Crippen LogP contribution in [0.25, 0.3) is 0 Å². The molecule has 0 aliphatic heterocycles. The highest BCUT2D eigenvalue weighted by molar-refractivity contribution is 5.78. The summed E-state index contributed by atoms with van der Waals surface area (Å²) < 4.78 is 10.8. The second-order valence-corrected chi connectivity index (χ2v) is 5.24. The molecule has 0 aliphatic carbocycles. The number of methoxy groups -OCH3 is 1. The molecule has 0 radical (unpaired) electrons. The second kappa shape index (κ2) is 7.71. The molecular formula is C13H27NO4. The maximum absolute atomic E-state index is 11.1. The van der Waals surface area contributed by atoms with Crippen molar-refractivity contribution in [2.75, 3.05) is 26.9 Å². The topological polar surface area (TPSA) is 67.8 Å². The first-order valence-electron chi connectivity index (χ1n) is 6.39. The van der Waals surface area contributed by atoms with Gasteiger partial charge in [-0.3, -0.25) is 4.79 Å². The van der Waals surface area contributed by atoms with Gasteiger partial charge in [0.15, 0.2) is 0 Å². The van der Waals surface area contributed by atoms with Gasteiger partial charge >= 0.3 is 5.97 Å². The zero-order valence-corrected chi connectivity index (χ0v) is 12.2. The third kappa shape index (κ3) is 6.33. The van der Waals surface area contributed by atoms with Crippen LogP contribution in [-0.2, 0) is 14.3 Å². The minimum Gasteiger partial charge on any atom is -0.480 e. The standard InChI is InChI=1S/C13H27NO4/c1-6-14-13(4,11(15)16)8-10-18-9-7-12(2,3)17-5/h14H,6-10H2,1-5H3,(H,15,16). The molecule has 5 heteroatoms. The number of hydrogen-bond donors (Lipinski definition) is 2. The van der Waals surface area contributed by atoms with Crippen molar-refractivity contribution >= 4 is 5.97 Å². The number of carboxylic acid groups (broad SMARTS) is 1.